The van der Waals surface area contributed by atoms with Crippen LogP contribution in [0.5, 0.6) is 0 Å². The number of hydrogen-bond acceptors (Lipinski definition) is 5. The van der Waals surface area contributed by atoms with E-state index in [2.05, 4.69) is 37.1 Å². The second kappa shape index (κ2) is 12.7. The van der Waals surface area contributed by atoms with Crippen molar-refractivity contribution in [1.29, 1.82) is 0 Å². The highest BCUT2D eigenvalue weighted by atomic mass is 32.1. The van der Waals surface area contributed by atoms with E-state index in [1.165, 1.54) is 0 Å². The molecular weight excluding hydrogens is 462 g/mol. The zero-order valence-corrected chi connectivity index (χ0v) is 23.2. The molecule has 1 saturated carbocycles. The Labute approximate surface area is 216 Å². The molecule has 1 aliphatic carbocycles. The summed E-state index contributed by atoms with van der Waals surface area (Å²) in [5, 5.41) is 5.73. The second-order valence-electron chi connectivity index (χ2n) is 10.7. The molecule has 0 heterocycles. The van der Waals surface area contributed by atoms with E-state index >= 15 is 0 Å². The zero-order valence-electron chi connectivity index (χ0n) is 22.3. The number of aryl methyl sites for hydroxylation is 2. The summed E-state index contributed by atoms with van der Waals surface area (Å²) < 4.78 is 5.37. The summed E-state index contributed by atoms with van der Waals surface area (Å²) in [6, 6.07) is 4.17. The van der Waals surface area contributed by atoms with Crippen LogP contribution < -0.4 is 10.6 Å². The maximum absolute atomic E-state index is 13.9. The first-order chi connectivity index (χ1) is 16.4. The third-order valence-corrected chi connectivity index (χ3v) is 6.55. The van der Waals surface area contributed by atoms with Crippen LogP contribution in [0.25, 0.3) is 0 Å². The highest BCUT2D eigenvalue weighted by molar-refractivity contribution is 7.80. The first-order valence-corrected chi connectivity index (χ1v) is 13.3. The molecule has 1 aromatic rings. The van der Waals surface area contributed by atoms with Gasteiger partial charge < -0.3 is 20.3 Å². The van der Waals surface area contributed by atoms with Crippen LogP contribution in [0, 0.1) is 19.8 Å². The molecule has 7 nitrogen and oxygen atoms in total. The number of hydrogen-bond donors (Lipinski definition) is 3. The summed E-state index contributed by atoms with van der Waals surface area (Å²) >= 11 is 4.35. The van der Waals surface area contributed by atoms with E-state index < -0.39 is 23.8 Å². The lowest BCUT2D eigenvalue weighted by Gasteiger charge is -2.35. The molecule has 0 saturated heterocycles. The van der Waals surface area contributed by atoms with Crippen molar-refractivity contribution in [2.24, 2.45) is 5.92 Å². The molecule has 0 radical (unpaired) electrons. The Balaban J connectivity index is 2.42. The van der Waals surface area contributed by atoms with Crippen molar-refractivity contribution in [3.8, 4) is 0 Å². The van der Waals surface area contributed by atoms with Gasteiger partial charge >= 0.3 is 6.09 Å². The van der Waals surface area contributed by atoms with Gasteiger partial charge in [-0.25, -0.2) is 4.79 Å². The first kappa shape index (κ1) is 29.0. The number of rotatable bonds is 11. The van der Waals surface area contributed by atoms with E-state index in [0.29, 0.717) is 6.54 Å². The number of thiol groups is 1. The van der Waals surface area contributed by atoms with Crippen molar-refractivity contribution in [2.75, 3.05) is 12.3 Å². The molecule has 4 atom stereocenters. The fourth-order valence-electron chi connectivity index (χ4n) is 4.14. The van der Waals surface area contributed by atoms with Crippen LogP contribution >= 0.6 is 12.6 Å². The molecule has 8 heteroatoms. The number of ether oxygens (including phenoxy) is 1. The molecular formula is C27H43N3O4S. The molecule has 1 aromatic carbocycles. The van der Waals surface area contributed by atoms with Crippen LogP contribution in [0.4, 0.5) is 4.79 Å². The monoisotopic (exact) mass is 505 g/mol. The molecule has 0 bridgehead atoms. The summed E-state index contributed by atoms with van der Waals surface area (Å²) in [5.74, 6) is -0.165. The standard InChI is InChI=1S/C27H43N3O4S/c1-8-9-10-13-28-24(31)23(20-14-17(2)11-12-18(20)3)30(22-15-19(22)4)25(32)21(16-35)29-26(33)34-27(5,6)7/h11-12,14,19,21-23,35H,8-10,13,15-16H2,1-7H3,(H,28,31)(H,29,33). The zero-order chi connectivity index (χ0) is 26.3. The summed E-state index contributed by atoms with van der Waals surface area (Å²) in [4.78, 5) is 41.7. The van der Waals surface area contributed by atoms with E-state index in [1.54, 1.807) is 25.7 Å². The Kier molecular flexibility index (Phi) is 10.5. The molecule has 196 valence electrons. The Morgan fingerprint density at radius 3 is 2.40 bits per heavy atom. The third kappa shape index (κ3) is 8.44. The number of carbonyl (C=O) groups excluding carboxylic acids is 3. The van der Waals surface area contributed by atoms with Gasteiger partial charge in [-0.05, 0) is 64.5 Å². The highest BCUT2D eigenvalue weighted by Gasteiger charge is 2.48. The normalized spacial score (nSPS) is 18.9. The number of carbonyl (C=O) groups is 3. The van der Waals surface area contributed by atoms with Crippen LogP contribution in [0.3, 0.4) is 0 Å². The molecule has 0 aromatic heterocycles. The van der Waals surface area contributed by atoms with Crippen LogP contribution in [-0.4, -0.2) is 52.8 Å². The summed E-state index contributed by atoms with van der Waals surface area (Å²) in [6.45, 7) is 14.0. The van der Waals surface area contributed by atoms with Gasteiger partial charge in [0.05, 0.1) is 0 Å². The topological polar surface area (TPSA) is 87.7 Å². The average Bonchev–Trinajstić information content (AvgIpc) is 3.49. The van der Waals surface area contributed by atoms with Gasteiger partial charge in [0.15, 0.2) is 0 Å². The van der Waals surface area contributed by atoms with Gasteiger partial charge in [0.2, 0.25) is 11.8 Å². The van der Waals surface area contributed by atoms with Crippen LogP contribution in [0.1, 0.15) is 83.0 Å². The summed E-state index contributed by atoms with van der Waals surface area (Å²) in [7, 11) is 0. The molecule has 2 rings (SSSR count). The van der Waals surface area contributed by atoms with Crippen molar-refractivity contribution in [3.63, 3.8) is 0 Å². The third-order valence-electron chi connectivity index (χ3n) is 6.19. The Morgan fingerprint density at radius 2 is 1.86 bits per heavy atom. The van der Waals surface area contributed by atoms with Crippen molar-refractivity contribution in [1.82, 2.24) is 15.5 Å². The lowest BCUT2D eigenvalue weighted by Crippen LogP contribution is -2.55. The van der Waals surface area contributed by atoms with Crippen LogP contribution in [-0.2, 0) is 14.3 Å². The molecule has 1 aliphatic rings. The van der Waals surface area contributed by atoms with Gasteiger partial charge in [0.25, 0.3) is 0 Å². The van der Waals surface area contributed by atoms with E-state index in [1.807, 2.05) is 32.0 Å². The average molecular weight is 506 g/mol. The van der Waals surface area contributed by atoms with Crippen molar-refractivity contribution in [2.45, 2.75) is 97.9 Å². The summed E-state index contributed by atoms with van der Waals surface area (Å²) in [6.07, 6.45) is 3.09. The minimum atomic E-state index is -0.915. The second-order valence-corrected chi connectivity index (χ2v) is 11.0. The van der Waals surface area contributed by atoms with Gasteiger partial charge in [-0.2, -0.15) is 12.6 Å². The van der Waals surface area contributed by atoms with Crippen molar-refractivity contribution >= 4 is 30.5 Å². The molecule has 2 N–H and O–H groups in total. The number of unbranched alkanes of at least 4 members (excludes halogenated alkanes) is 2. The predicted molar refractivity (Wildman–Crippen MR) is 143 cm³/mol. The van der Waals surface area contributed by atoms with Gasteiger partial charge in [-0.1, -0.05) is 50.5 Å². The number of nitrogens with one attached hydrogen (secondary N) is 2. The molecule has 4 unspecified atom stereocenters. The fraction of sp³-hybridized carbons (Fsp3) is 0.667. The minimum absolute atomic E-state index is 0.0865. The maximum atomic E-state index is 13.9. The quantitative estimate of drug-likeness (QED) is 0.300. The fourth-order valence-corrected chi connectivity index (χ4v) is 4.39. The number of alkyl carbamates (subject to hydrolysis) is 1. The minimum Gasteiger partial charge on any atom is -0.444 e. The van der Waals surface area contributed by atoms with Crippen molar-refractivity contribution < 1.29 is 19.1 Å². The Morgan fingerprint density at radius 1 is 1.20 bits per heavy atom. The van der Waals surface area contributed by atoms with E-state index in [9.17, 15) is 14.4 Å². The molecule has 0 spiro atoms. The maximum Gasteiger partial charge on any atom is 0.408 e. The van der Waals surface area contributed by atoms with Gasteiger partial charge in [-0.15, -0.1) is 0 Å². The van der Waals surface area contributed by atoms with Gasteiger partial charge in [0.1, 0.15) is 17.7 Å². The largest absolute Gasteiger partial charge is 0.444 e. The number of amides is 3. The van der Waals surface area contributed by atoms with E-state index in [0.717, 1.165) is 42.4 Å². The molecule has 3 amide bonds. The van der Waals surface area contributed by atoms with E-state index in [-0.39, 0.29) is 29.5 Å². The Hall–Kier alpha value is -2.22. The van der Waals surface area contributed by atoms with E-state index in [4.69, 9.17) is 4.74 Å². The number of benzene rings is 1. The molecule has 0 aliphatic heterocycles. The predicted octanol–water partition coefficient (Wildman–Crippen LogP) is 4.71. The lowest BCUT2D eigenvalue weighted by atomic mass is 9.96. The number of nitrogens with zero attached hydrogens (tertiary/aromatic N) is 1. The van der Waals surface area contributed by atoms with Gasteiger partial charge in [0, 0.05) is 18.3 Å². The molecule has 1 fully saturated rings. The van der Waals surface area contributed by atoms with Gasteiger partial charge in [-0.3, -0.25) is 9.59 Å². The SMILES string of the molecule is CCCCCNC(=O)C(c1cc(C)ccc1C)N(C(=O)C(CS)NC(=O)OC(C)(C)C)C1CC1C. The van der Waals surface area contributed by atoms with Crippen LogP contribution in [0.2, 0.25) is 0 Å². The van der Waals surface area contributed by atoms with Crippen molar-refractivity contribution in [3.05, 3.63) is 34.9 Å². The van der Waals surface area contributed by atoms with Crippen LogP contribution in [0.15, 0.2) is 18.2 Å². The lowest BCUT2D eigenvalue weighted by molar-refractivity contribution is -0.143. The smallest absolute Gasteiger partial charge is 0.408 e. The Bertz CT molecular complexity index is 899. The highest BCUT2D eigenvalue weighted by Crippen LogP contribution is 2.41. The molecule has 35 heavy (non-hydrogen) atoms. The summed E-state index contributed by atoms with van der Waals surface area (Å²) in [5.41, 5.74) is 2.07. The first-order valence-electron chi connectivity index (χ1n) is 12.7.